The van der Waals surface area contributed by atoms with Crippen molar-refractivity contribution in [2.45, 2.75) is 0 Å². The van der Waals surface area contributed by atoms with Gasteiger partial charge in [0.25, 0.3) is 23.2 Å². The molecule has 3 aromatic rings. The largest absolute Gasteiger partial charge is 0.504 e. The Balaban J connectivity index is 2.03. The first-order valence-electron chi connectivity index (χ1n) is 9.89. The van der Waals surface area contributed by atoms with Crippen molar-refractivity contribution in [3.8, 4) is 11.5 Å². The zero-order valence-electron chi connectivity index (χ0n) is 18.1. The molecule has 3 rings (SSSR count). The molecule has 35 heavy (non-hydrogen) atoms. The molecule has 3 aromatic carbocycles. The number of anilines is 2. The fourth-order valence-electron chi connectivity index (χ4n) is 3.05. The van der Waals surface area contributed by atoms with Gasteiger partial charge in [0.05, 0.1) is 17.0 Å². The summed E-state index contributed by atoms with van der Waals surface area (Å²) in [6.45, 7) is 0. The lowest BCUT2D eigenvalue weighted by molar-refractivity contribution is -0.384. The highest BCUT2D eigenvalue weighted by molar-refractivity contribution is 6.29. The van der Waals surface area contributed by atoms with E-state index in [1.54, 1.807) is 0 Å². The molecule has 0 spiro atoms. The van der Waals surface area contributed by atoms with Crippen LogP contribution < -0.4 is 15.4 Å². The summed E-state index contributed by atoms with van der Waals surface area (Å²) in [6.07, 6.45) is 1.12. The Morgan fingerprint density at radius 1 is 0.857 bits per heavy atom. The second-order valence-corrected chi connectivity index (χ2v) is 6.95. The number of phenolic OH excluding ortho intramolecular Hbond substituents is 1. The van der Waals surface area contributed by atoms with Crippen LogP contribution in [0.15, 0.2) is 72.3 Å². The van der Waals surface area contributed by atoms with Crippen molar-refractivity contribution < 1.29 is 29.3 Å². The third-order valence-electron chi connectivity index (χ3n) is 4.70. The van der Waals surface area contributed by atoms with Crippen molar-refractivity contribution in [1.82, 2.24) is 0 Å². The van der Waals surface area contributed by atoms with Crippen molar-refractivity contribution in [2.24, 2.45) is 0 Å². The summed E-state index contributed by atoms with van der Waals surface area (Å²) in [5.41, 5.74) is -1.45. The number of nitrogens with zero attached hydrogens (tertiary/aromatic N) is 2. The summed E-state index contributed by atoms with van der Waals surface area (Å²) >= 11 is 0. The SMILES string of the molecule is COc1ccc(C=C(C(=O)Nc2ccccc2[N+](=O)[O-])C(=O)Nc2ccccc2[N+](=O)[O-])cc1O. The minimum Gasteiger partial charge on any atom is -0.504 e. The molecule has 0 aliphatic heterocycles. The number of hydrogen-bond acceptors (Lipinski definition) is 8. The number of carbonyl (C=O) groups is 2. The maximum atomic E-state index is 13.1. The molecule has 0 saturated carbocycles. The molecule has 0 bridgehead atoms. The Morgan fingerprint density at radius 2 is 1.34 bits per heavy atom. The summed E-state index contributed by atoms with van der Waals surface area (Å²) in [6, 6.07) is 14.7. The molecule has 0 saturated heterocycles. The molecule has 0 aliphatic rings. The summed E-state index contributed by atoms with van der Waals surface area (Å²) in [4.78, 5) is 47.3. The zero-order valence-corrected chi connectivity index (χ0v) is 18.1. The number of methoxy groups -OCH3 is 1. The molecule has 3 N–H and O–H groups in total. The van der Waals surface area contributed by atoms with Gasteiger partial charge in [0.2, 0.25) is 0 Å². The summed E-state index contributed by atoms with van der Waals surface area (Å²) in [7, 11) is 1.34. The van der Waals surface area contributed by atoms with Crippen LogP contribution in [0.4, 0.5) is 22.7 Å². The van der Waals surface area contributed by atoms with Gasteiger partial charge in [-0.05, 0) is 35.9 Å². The maximum absolute atomic E-state index is 13.1. The second kappa shape index (κ2) is 10.6. The van der Waals surface area contributed by atoms with Crippen LogP contribution in [0.2, 0.25) is 0 Å². The number of hydrogen-bond donors (Lipinski definition) is 3. The van der Waals surface area contributed by atoms with E-state index in [2.05, 4.69) is 10.6 Å². The minimum atomic E-state index is -1.02. The van der Waals surface area contributed by atoms with Crippen molar-refractivity contribution in [2.75, 3.05) is 17.7 Å². The molecule has 0 radical (unpaired) electrons. The average molecular weight is 478 g/mol. The van der Waals surface area contributed by atoms with Gasteiger partial charge < -0.3 is 20.5 Å². The topological polar surface area (TPSA) is 174 Å². The zero-order chi connectivity index (χ0) is 25.5. The normalized spacial score (nSPS) is 10.1. The Hall–Kier alpha value is -5.26. The van der Waals surface area contributed by atoms with Gasteiger partial charge in [0.1, 0.15) is 16.9 Å². The van der Waals surface area contributed by atoms with Crippen LogP contribution in [0.3, 0.4) is 0 Å². The number of benzene rings is 3. The Labute approximate surface area is 197 Å². The number of carbonyl (C=O) groups excluding carboxylic acids is 2. The molecule has 2 amide bonds. The van der Waals surface area contributed by atoms with Gasteiger partial charge in [0.15, 0.2) is 11.5 Å². The molecule has 0 aromatic heterocycles. The van der Waals surface area contributed by atoms with Gasteiger partial charge >= 0.3 is 0 Å². The number of aromatic hydroxyl groups is 1. The van der Waals surface area contributed by atoms with E-state index in [0.717, 1.165) is 6.08 Å². The highest BCUT2D eigenvalue weighted by atomic mass is 16.6. The molecule has 0 unspecified atom stereocenters. The number of nitro groups is 2. The van der Waals surface area contributed by atoms with Crippen LogP contribution in [-0.4, -0.2) is 33.9 Å². The van der Waals surface area contributed by atoms with E-state index in [9.17, 15) is 34.9 Å². The van der Waals surface area contributed by atoms with Crippen LogP contribution >= 0.6 is 0 Å². The Bertz CT molecular complexity index is 1280. The van der Waals surface area contributed by atoms with Crippen molar-refractivity contribution >= 4 is 40.6 Å². The first-order valence-corrected chi connectivity index (χ1v) is 9.89. The number of ether oxygens (including phenoxy) is 1. The molecular formula is C23H18N4O8. The molecule has 0 fully saturated rings. The standard InChI is InChI=1S/C23H18N4O8/c1-35-21-11-10-14(13-20(21)28)12-15(22(29)24-16-6-2-4-8-18(16)26(31)32)23(30)25-17-7-3-5-9-19(17)27(33)34/h2-13,28H,1H3,(H,24,29)(H,25,30). The number of para-hydroxylation sites is 4. The van der Waals surface area contributed by atoms with Gasteiger partial charge in [0, 0.05) is 12.1 Å². The van der Waals surface area contributed by atoms with E-state index in [1.165, 1.54) is 73.8 Å². The molecule has 0 heterocycles. The monoisotopic (exact) mass is 478 g/mol. The smallest absolute Gasteiger partial charge is 0.292 e. The average Bonchev–Trinajstić information content (AvgIpc) is 2.82. The maximum Gasteiger partial charge on any atom is 0.292 e. The molecule has 12 nitrogen and oxygen atoms in total. The number of amides is 2. The first kappa shape index (κ1) is 24.4. The van der Waals surface area contributed by atoms with Gasteiger partial charge in [-0.2, -0.15) is 0 Å². The van der Waals surface area contributed by atoms with Crippen LogP contribution in [-0.2, 0) is 9.59 Å². The van der Waals surface area contributed by atoms with Crippen molar-refractivity contribution in [3.63, 3.8) is 0 Å². The van der Waals surface area contributed by atoms with Crippen LogP contribution in [0.1, 0.15) is 5.56 Å². The molecular weight excluding hydrogens is 460 g/mol. The van der Waals surface area contributed by atoms with Crippen LogP contribution in [0.5, 0.6) is 11.5 Å². The number of nitrogens with one attached hydrogen (secondary N) is 2. The van der Waals surface area contributed by atoms with Crippen LogP contribution in [0, 0.1) is 20.2 Å². The molecule has 0 aliphatic carbocycles. The predicted octanol–water partition coefficient (Wildman–Crippen LogP) is 3.88. The van der Waals surface area contributed by atoms with E-state index < -0.39 is 38.6 Å². The fraction of sp³-hybridized carbons (Fsp3) is 0.0435. The second-order valence-electron chi connectivity index (χ2n) is 6.95. The van der Waals surface area contributed by atoms with Gasteiger partial charge in [-0.1, -0.05) is 30.3 Å². The summed E-state index contributed by atoms with van der Waals surface area (Å²) in [5, 5.41) is 37.3. The Kier molecular flexibility index (Phi) is 7.36. The quantitative estimate of drug-likeness (QED) is 0.144. The van der Waals surface area contributed by atoms with Crippen molar-refractivity contribution in [3.05, 3.63) is 98.1 Å². The number of phenols is 1. The lowest BCUT2D eigenvalue weighted by Crippen LogP contribution is -2.26. The first-order chi connectivity index (χ1) is 16.7. The van der Waals surface area contributed by atoms with E-state index >= 15 is 0 Å². The van der Waals surface area contributed by atoms with Crippen molar-refractivity contribution in [1.29, 1.82) is 0 Å². The van der Waals surface area contributed by atoms with Gasteiger partial charge in [-0.25, -0.2) is 0 Å². The number of rotatable bonds is 8. The van der Waals surface area contributed by atoms with E-state index in [4.69, 9.17) is 4.74 Å². The highest BCUT2D eigenvalue weighted by Crippen LogP contribution is 2.29. The van der Waals surface area contributed by atoms with Crippen LogP contribution in [0.25, 0.3) is 6.08 Å². The van der Waals surface area contributed by atoms with E-state index in [0.29, 0.717) is 0 Å². The lowest BCUT2D eigenvalue weighted by Gasteiger charge is -2.11. The lowest BCUT2D eigenvalue weighted by atomic mass is 10.1. The highest BCUT2D eigenvalue weighted by Gasteiger charge is 2.24. The fourth-order valence-corrected chi connectivity index (χ4v) is 3.05. The predicted molar refractivity (Wildman–Crippen MR) is 126 cm³/mol. The number of nitro benzene ring substituents is 2. The molecule has 0 atom stereocenters. The van der Waals surface area contributed by atoms with E-state index in [1.807, 2.05) is 0 Å². The Morgan fingerprint density at radius 3 is 1.77 bits per heavy atom. The molecule has 178 valence electrons. The molecule has 12 heteroatoms. The van der Waals surface area contributed by atoms with E-state index in [-0.39, 0.29) is 28.4 Å². The summed E-state index contributed by atoms with van der Waals surface area (Å²) < 4.78 is 4.97. The van der Waals surface area contributed by atoms with Gasteiger partial charge in [-0.3, -0.25) is 29.8 Å². The third-order valence-corrected chi connectivity index (χ3v) is 4.70. The summed E-state index contributed by atoms with van der Waals surface area (Å²) in [5.74, 6) is -2.16. The minimum absolute atomic E-state index is 0.150. The third kappa shape index (κ3) is 5.76. The van der Waals surface area contributed by atoms with Gasteiger partial charge in [-0.15, -0.1) is 0 Å².